The van der Waals surface area contributed by atoms with Gasteiger partial charge in [0.2, 0.25) is 0 Å². The van der Waals surface area contributed by atoms with E-state index in [-0.39, 0.29) is 18.1 Å². The molecule has 1 aromatic carbocycles. The Morgan fingerprint density at radius 2 is 2.24 bits per heavy atom. The van der Waals surface area contributed by atoms with Gasteiger partial charge < -0.3 is 5.73 Å². The Hall–Kier alpha value is -1.95. The molecule has 0 aliphatic heterocycles. The van der Waals surface area contributed by atoms with Gasteiger partial charge in [-0.15, -0.1) is 0 Å². The predicted molar refractivity (Wildman–Crippen MR) is 60.9 cm³/mol. The normalized spacial score (nSPS) is 10.8. The zero-order valence-corrected chi connectivity index (χ0v) is 9.43. The van der Waals surface area contributed by atoms with Crippen molar-refractivity contribution >= 4 is 0 Å². The molecule has 2 aromatic rings. The summed E-state index contributed by atoms with van der Waals surface area (Å²) in [7, 11) is 1.60. The van der Waals surface area contributed by atoms with Crippen LogP contribution in [0.2, 0.25) is 0 Å². The minimum Gasteiger partial charge on any atom is -0.326 e. The summed E-state index contributed by atoms with van der Waals surface area (Å²) >= 11 is 0. The van der Waals surface area contributed by atoms with Crippen molar-refractivity contribution < 1.29 is 4.39 Å². The number of nitrogens with zero attached hydrogens (tertiary/aromatic N) is 3. The fourth-order valence-electron chi connectivity index (χ4n) is 1.57. The van der Waals surface area contributed by atoms with Crippen LogP contribution < -0.4 is 11.4 Å². The lowest BCUT2D eigenvalue weighted by Gasteiger charge is -2.05. The molecule has 6 heteroatoms. The summed E-state index contributed by atoms with van der Waals surface area (Å²) in [6.45, 7) is 0.448. The second-order valence-corrected chi connectivity index (χ2v) is 3.81. The van der Waals surface area contributed by atoms with Crippen molar-refractivity contribution in [2.45, 2.75) is 13.1 Å². The van der Waals surface area contributed by atoms with Crippen molar-refractivity contribution in [1.82, 2.24) is 14.3 Å². The van der Waals surface area contributed by atoms with Gasteiger partial charge in [0.15, 0.2) is 0 Å². The Kier molecular flexibility index (Phi) is 3.06. The Morgan fingerprint density at radius 1 is 1.47 bits per heavy atom. The van der Waals surface area contributed by atoms with E-state index in [0.717, 1.165) is 5.56 Å². The molecule has 0 saturated carbocycles. The van der Waals surface area contributed by atoms with Gasteiger partial charge in [0, 0.05) is 19.2 Å². The van der Waals surface area contributed by atoms with Gasteiger partial charge in [-0.2, -0.15) is 5.10 Å². The first-order valence-electron chi connectivity index (χ1n) is 5.17. The highest BCUT2D eigenvalue weighted by atomic mass is 19.1. The second kappa shape index (κ2) is 4.50. The highest BCUT2D eigenvalue weighted by molar-refractivity contribution is 5.25. The Balaban J connectivity index is 2.35. The standard InChI is InChI=1S/C11H13FN4O/c1-15-7-14-16(11(15)17)6-9-4-8(5-13)2-3-10(9)12/h2-4,7H,5-6,13H2,1H3. The molecule has 0 amide bonds. The summed E-state index contributed by atoms with van der Waals surface area (Å²) in [4.78, 5) is 11.6. The average Bonchev–Trinajstić information content (AvgIpc) is 2.64. The van der Waals surface area contributed by atoms with Crippen LogP contribution in [0.1, 0.15) is 11.1 Å². The Bertz CT molecular complexity index is 587. The fraction of sp³-hybridized carbons (Fsp3) is 0.273. The highest BCUT2D eigenvalue weighted by Crippen LogP contribution is 2.10. The zero-order chi connectivity index (χ0) is 12.4. The first kappa shape index (κ1) is 11.5. The van der Waals surface area contributed by atoms with Crippen LogP contribution in [0.5, 0.6) is 0 Å². The van der Waals surface area contributed by atoms with Gasteiger partial charge in [-0.1, -0.05) is 6.07 Å². The summed E-state index contributed by atoms with van der Waals surface area (Å²) in [5.74, 6) is -0.361. The van der Waals surface area contributed by atoms with E-state index < -0.39 is 0 Å². The molecule has 5 nitrogen and oxygen atoms in total. The first-order chi connectivity index (χ1) is 8.11. The van der Waals surface area contributed by atoms with Crippen LogP contribution in [0.3, 0.4) is 0 Å². The number of hydrogen-bond donors (Lipinski definition) is 1. The van der Waals surface area contributed by atoms with Gasteiger partial charge in [0.1, 0.15) is 12.1 Å². The third-order valence-corrected chi connectivity index (χ3v) is 2.55. The number of benzene rings is 1. The number of rotatable bonds is 3. The van der Waals surface area contributed by atoms with Crippen LogP contribution in [-0.4, -0.2) is 14.3 Å². The maximum atomic E-state index is 13.5. The lowest BCUT2D eigenvalue weighted by atomic mass is 10.1. The SMILES string of the molecule is Cn1cnn(Cc2cc(CN)ccc2F)c1=O. The van der Waals surface area contributed by atoms with Gasteiger partial charge >= 0.3 is 5.69 Å². The van der Waals surface area contributed by atoms with Crippen molar-refractivity contribution in [2.24, 2.45) is 12.8 Å². The second-order valence-electron chi connectivity index (χ2n) is 3.81. The third-order valence-electron chi connectivity index (χ3n) is 2.55. The van der Waals surface area contributed by atoms with Crippen molar-refractivity contribution in [3.8, 4) is 0 Å². The van der Waals surface area contributed by atoms with Gasteiger partial charge in [-0.05, 0) is 17.7 Å². The minimum absolute atomic E-state index is 0.110. The van der Waals surface area contributed by atoms with Gasteiger partial charge in [0.25, 0.3) is 0 Å². The van der Waals surface area contributed by atoms with Crippen molar-refractivity contribution in [3.63, 3.8) is 0 Å². The van der Waals surface area contributed by atoms with E-state index in [1.807, 2.05) is 0 Å². The zero-order valence-electron chi connectivity index (χ0n) is 9.43. The summed E-state index contributed by atoms with van der Waals surface area (Å²) < 4.78 is 16.1. The van der Waals surface area contributed by atoms with E-state index in [1.54, 1.807) is 19.2 Å². The number of aryl methyl sites for hydroxylation is 1. The van der Waals surface area contributed by atoms with Gasteiger partial charge in [-0.3, -0.25) is 4.57 Å². The van der Waals surface area contributed by atoms with E-state index in [0.29, 0.717) is 12.1 Å². The molecule has 17 heavy (non-hydrogen) atoms. The molecule has 0 bridgehead atoms. The van der Waals surface area contributed by atoms with E-state index in [9.17, 15) is 9.18 Å². The molecule has 2 rings (SSSR count). The van der Waals surface area contributed by atoms with E-state index in [2.05, 4.69) is 5.10 Å². The van der Waals surface area contributed by atoms with E-state index in [4.69, 9.17) is 5.73 Å². The Labute approximate surface area is 97.3 Å². The number of aromatic nitrogens is 3. The molecule has 0 radical (unpaired) electrons. The summed E-state index contributed by atoms with van der Waals surface area (Å²) in [5.41, 5.74) is 6.45. The third kappa shape index (κ3) is 2.26. The van der Waals surface area contributed by atoms with Crippen molar-refractivity contribution in [3.05, 3.63) is 52.0 Å². The molecule has 2 N–H and O–H groups in total. The van der Waals surface area contributed by atoms with Crippen molar-refractivity contribution in [1.29, 1.82) is 0 Å². The Morgan fingerprint density at radius 3 is 2.82 bits per heavy atom. The van der Waals surface area contributed by atoms with E-state index >= 15 is 0 Å². The molecular formula is C11H13FN4O. The van der Waals surface area contributed by atoms with Crippen LogP contribution in [0.4, 0.5) is 4.39 Å². The van der Waals surface area contributed by atoms with Crippen LogP contribution >= 0.6 is 0 Å². The van der Waals surface area contributed by atoms with Gasteiger partial charge in [0.05, 0.1) is 6.54 Å². The van der Waals surface area contributed by atoms with Crippen LogP contribution in [0.15, 0.2) is 29.3 Å². The van der Waals surface area contributed by atoms with Crippen LogP contribution in [0, 0.1) is 5.82 Å². The van der Waals surface area contributed by atoms with Crippen molar-refractivity contribution in [2.75, 3.05) is 0 Å². The summed E-state index contributed by atoms with van der Waals surface area (Å²) in [6.07, 6.45) is 1.40. The monoisotopic (exact) mass is 236 g/mol. The molecule has 0 atom stereocenters. The largest absolute Gasteiger partial charge is 0.345 e. The predicted octanol–water partition coefficient (Wildman–Crippen LogP) is 0.228. The lowest BCUT2D eigenvalue weighted by Crippen LogP contribution is -2.23. The van der Waals surface area contributed by atoms with Crippen LogP contribution in [0.25, 0.3) is 0 Å². The summed E-state index contributed by atoms with van der Waals surface area (Å²) in [6, 6.07) is 4.63. The minimum atomic E-state index is -0.361. The molecule has 1 aromatic heterocycles. The molecule has 0 aliphatic rings. The average molecular weight is 236 g/mol. The molecular weight excluding hydrogens is 223 g/mol. The quantitative estimate of drug-likeness (QED) is 0.829. The number of halogens is 1. The molecule has 0 saturated heterocycles. The maximum absolute atomic E-state index is 13.5. The fourth-order valence-corrected chi connectivity index (χ4v) is 1.57. The number of hydrogen-bond acceptors (Lipinski definition) is 3. The first-order valence-corrected chi connectivity index (χ1v) is 5.17. The molecule has 0 unspecified atom stereocenters. The maximum Gasteiger partial charge on any atom is 0.345 e. The molecule has 90 valence electrons. The topological polar surface area (TPSA) is 65.8 Å². The molecule has 0 spiro atoms. The molecule has 0 fully saturated rings. The molecule has 1 heterocycles. The lowest BCUT2D eigenvalue weighted by molar-refractivity contribution is 0.574. The highest BCUT2D eigenvalue weighted by Gasteiger charge is 2.07. The van der Waals surface area contributed by atoms with Crippen LogP contribution in [-0.2, 0) is 20.1 Å². The number of nitrogens with two attached hydrogens (primary N) is 1. The summed E-state index contributed by atoms with van der Waals surface area (Å²) in [5, 5.41) is 3.88. The molecule has 0 aliphatic carbocycles. The smallest absolute Gasteiger partial charge is 0.326 e. The van der Waals surface area contributed by atoms with Gasteiger partial charge in [-0.25, -0.2) is 13.9 Å². The van der Waals surface area contributed by atoms with E-state index in [1.165, 1.54) is 21.6 Å².